The van der Waals surface area contributed by atoms with Crippen LogP contribution in [0.5, 0.6) is 0 Å². The number of aromatic nitrogens is 3. The predicted octanol–water partition coefficient (Wildman–Crippen LogP) is 6.20. The van der Waals surface area contributed by atoms with E-state index in [0.717, 1.165) is 22.1 Å². The molecule has 3 heteroatoms. The average molecular weight is 357 g/mol. The van der Waals surface area contributed by atoms with Crippen molar-refractivity contribution in [1.29, 1.82) is 0 Å². The normalized spacial score (nSPS) is 12.3. The van der Waals surface area contributed by atoms with E-state index in [1.54, 1.807) is 0 Å². The van der Waals surface area contributed by atoms with Crippen molar-refractivity contribution in [3.63, 3.8) is 0 Å². The molecule has 0 saturated heterocycles. The summed E-state index contributed by atoms with van der Waals surface area (Å²) in [6.45, 7) is 0. The van der Waals surface area contributed by atoms with Gasteiger partial charge in [0.2, 0.25) is 0 Å². The Morgan fingerprint density at radius 2 is 1.07 bits per heavy atom. The Kier molecular flexibility index (Phi) is 2.49. The number of hydrogen-bond acceptors (Lipinski definition) is 1. The van der Waals surface area contributed by atoms with Crippen molar-refractivity contribution in [2.75, 3.05) is 0 Å². The summed E-state index contributed by atoms with van der Waals surface area (Å²) < 4.78 is 4.72. The summed E-state index contributed by atoms with van der Waals surface area (Å²) in [6.07, 6.45) is 0. The van der Waals surface area contributed by atoms with Gasteiger partial charge in [-0.05, 0) is 36.4 Å². The van der Waals surface area contributed by atoms with Crippen molar-refractivity contribution >= 4 is 54.9 Å². The molecular formula is C25H15N3. The van der Waals surface area contributed by atoms with Gasteiger partial charge in [-0.1, -0.05) is 54.6 Å². The second-order valence-corrected chi connectivity index (χ2v) is 7.30. The maximum Gasteiger partial charge on any atom is 0.147 e. The molecule has 0 N–H and O–H groups in total. The second-order valence-electron chi connectivity index (χ2n) is 7.30. The summed E-state index contributed by atoms with van der Waals surface area (Å²) in [5.74, 6) is 0. The molecule has 3 aromatic heterocycles. The molecule has 7 rings (SSSR count). The quantitative estimate of drug-likeness (QED) is 0.317. The van der Waals surface area contributed by atoms with Crippen LogP contribution in [0.3, 0.4) is 0 Å². The Labute approximate surface area is 160 Å². The highest BCUT2D eigenvalue weighted by atomic mass is 15.0. The van der Waals surface area contributed by atoms with E-state index in [4.69, 9.17) is 4.98 Å². The van der Waals surface area contributed by atoms with Gasteiger partial charge in [-0.2, -0.15) is 0 Å². The molecule has 130 valence electrons. The van der Waals surface area contributed by atoms with Crippen LogP contribution in [0.4, 0.5) is 0 Å². The minimum Gasteiger partial charge on any atom is -0.306 e. The minimum atomic E-state index is 0.997. The van der Waals surface area contributed by atoms with E-state index in [0.29, 0.717) is 0 Å². The first kappa shape index (κ1) is 14.2. The zero-order valence-corrected chi connectivity index (χ0v) is 15.0. The lowest BCUT2D eigenvalue weighted by Crippen LogP contribution is -1.86. The topological polar surface area (TPSA) is 21.7 Å². The van der Waals surface area contributed by atoms with Gasteiger partial charge in [0.25, 0.3) is 0 Å². The number of imidazole rings is 1. The average Bonchev–Trinajstić information content (AvgIpc) is 3.26. The molecule has 7 aromatic rings. The molecule has 0 aliphatic rings. The van der Waals surface area contributed by atoms with Gasteiger partial charge in [0.1, 0.15) is 5.65 Å². The first-order valence-electron chi connectivity index (χ1n) is 9.51. The minimum absolute atomic E-state index is 0.997. The van der Waals surface area contributed by atoms with E-state index in [1.165, 1.54) is 32.8 Å². The highest BCUT2D eigenvalue weighted by molar-refractivity contribution is 6.16. The number of benzene rings is 4. The fourth-order valence-electron chi connectivity index (χ4n) is 4.74. The number of rotatable bonds is 0. The second kappa shape index (κ2) is 4.90. The fourth-order valence-corrected chi connectivity index (χ4v) is 4.74. The van der Waals surface area contributed by atoms with Gasteiger partial charge in [-0.15, -0.1) is 0 Å². The van der Waals surface area contributed by atoms with Crippen molar-refractivity contribution in [2.45, 2.75) is 0 Å². The van der Waals surface area contributed by atoms with Gasteiger partial charge < -0.3 is 4.40 Å². The molecule has 28 heavy (non-hydrogen) atoms. The molecule has 0 fully saturated rings. The smallest absolute Gasteiger partial charge is 0.147 e. The maximum absolute atomic E-state index is 5.03. The van der Waals surface area contributed by atoms with Crippen LogP contribution in [-0.4, -0.2) is 13.8 Å². The summed E-state index contributed by atoms with van der Waals surface area (Å²) in [6, 6.07) is 32.2. The van der Waals surface area contributed by atoms with E-state index < -0.39 is 0 Å². The van der Waals surface area contributed by atoms with Gasteiger partial charge in [-0.3, -0.25) is 4.40 Å². The van der Waals surface area contributed by atoms with Crippen LogP contribution in [0, 0.1) is 0 Å². The standard InChI is InChI=1S/C25H15N3/c1-4-12-20-16(8-1)17-10-7-15-23-24(17)27(20)21-13-5-2-9-18(21)25-26-19-11-3-6-14-22(19)28(23)25/h1-15H. The first-order valence-corrected chi connectivity index (χ1v) is 9.51. The monoisotopic (exact) mass is 357 g/mol. The Balaban J connectivity index is 2.01. The molecule has 3 nitrogen and oxygen atoms in total. The number of fused-ring (bicyclic) bond motifs is 10. The van der Waals surface area contributed by atoms with Crippen molar-refractivity contribution in [1.82, 2.24) is 13.8 Å². The molecule has 0 saturated carbocycles. The number of nitrogens with zero attached hydrogens (tertiary/aromatic N) is 3. The predicted molar refractivity (Wildman–Crippen MR) is 116 cm³/mol. The van der Waals surface area contributed by atoms with Crippen LogP contribution in [0.1, 0.15) is 0 Å². The van der Waals surface area contributed by atoms with Crippen LogP contribution in [-0.2, 0) is 0 Å². The van der Waals surface area contributed by atoms with Gasteiger partial charge in [0, 0.05) is 16.2 Å². The largest absolute Gasteiger partial charge is 0.306 e. The van der Waals surface area contributed by atoms with Gasteiger partial charge in [0.15, 0.2) is 0 Å². The van der Waals surface area contributed by atoms with Crippen LogP contribution < -0.4 is 0 Å². The maximum atomic E-state index is 5.03. The third kappa shape index (κ3) is 1.58. The van der Waals surface area contributed by atoms with Crippen LogP contribution in [0.2, 0.25) is 0 Å². The van der Waals surface area contributed by atoms with Crippen molar-refractivity contribution in [3.8, 4) is 0 Å². The van der Waals surface area contributed by atoms with Gasteiger partial charge in [0.05, 0.1) is 33.1 Å². The molecule has 0 atom stereocenters. The first-order chi connectivity index (χ1) is 13.9. The Morgan fingerprint density at radius 1 is 0.464 bits per heavy atom. The summed E-state index contributed by atoms with van der Waals surface area (Å²) in [5.41, 5.74) is 7.97. The zero-order valence-electron chi connectivity index (χ0n) is 15.0. The highest BCUT2D eigenvalue weighted by Crippen LogP contribution is 2.36. The molecule has 0 radical (unpaired) electrons. The zero-order chi connectivity index (χ0) is 18.2. The third-order valence-electron chi connectivity index (χ3n) is 5.86. The Morgan fingerprint density at radius 3 is 1.93 bits per heavy atom. The fraction of sp³-hybridized carbons (Fsp3) is 0. The van der Waals surface area contributed by atoms with Crippen LogP contribution in [0.15, 0.2) is 91.0 Å². The van der Waals surface area contributed by atoms with Crippen molar-refractivity contribution in [2.24, 2.45) is 0 Å². The molecule has 0 aliphatic carbocycles. The molecule has 4 aromatic carbocycles. The Bertz CT molecular complexity index is 1720. The highest BCUT2D eigenvalue weighted by Gasteiger charge is 2.17. The van der Waals surface area contributed by atoms with Crippen molar-refractivity contribution < 1.29 is 0 Å². The third-order valence-corrected chi connectivity index (χ3v) is 5.86. The summed E-state index contributed by atoms with van der Waals surface area (Å²) >= 11 is 0. The lowest BCUT2D eigenvalue weighted by molar-refractivity contribution is 1.31. The van der Waals surface area contributed by atoms with E-state index in [-0.39, 0.29) is 0 Å². The van der Waals surface area contributed by atoms with Crippen LogP contribution in [0.25, 0.3) is 54.9 Å². The van der Waals surface area contributed by atoms with Gasteiger partial charge in [-0.25, -0.2) is 4.98 Å². The molecule has 0 aliphatic heterocycles. The summed E-state index contributed by atoms with van der Waals surface area (Å²) in [5, 5.41) is 3.70. The Hall–Kier alpha value is -3.85. The van der Waals surface area contributed by atoms with E-state index in [2.05, 4.69) is 99.8 Å². The number of para-hydroxylation sites is 5. The van der Waals surface area contributed by atoms with E-state index in [9.17, 15) is 0 Å². The summed E-state index contributed by atoms with van der Waals surface area (Å²) in [7, 11) is 0. The molecule has 3 heterocycles. The van der Waals surface area contributed by atoms with Gasteiger partial charge >= 0.3 is 0 Å². The molecule has 0 bridgehead atoms. The summed E-state index contributed by atoms with van der Waals surface area (Å²) in [4.78, 5) is 5.03. The number of hydrogen-bond donors (Lipinski definition) is 0. The van der Waals surface area contributed by atoms with E-state index >= 15 is 0 Å². The van der Waals surface area contributed by atoms with Crippen molar-refractivity contribution in [3.05, 3.63) is 91.0 Å². The lowest BCUT2D eigenvalue weighted by atomic mass is 10.1. The van der Waals surface area contributed by atoms with Crippen LogP contribution >= 0.6 is 0 Å². The molecule has 0 spiro atoms. The molecule has 0 amide bonds. The SMILES string of the molecule is c1ccc2c(c1)nc1c3ccccc3n3c4ccccc4c4cccc(c43)n21. The van der Waals surface area contributed by atoms with E-state index in [1.807, 2.05) is 0 Å². The molecular weight excluding hydrogens is 342 g/mol. The lowest BCUT2D eigenvalue weighted by Gasteiger charge is -2.00. The molecule has 0 unspecified atom stereocenters.